The van der Waals surface area contributed by atoms with Crippen molar-refractivity contribution >= 4 is 51.4 Å². The Balaban J connectivity index is 1.94. The number of hydrogen-bond donors (Lipinski definition) is 1. The number of amides is 1. The molecule has 0 heterocycles. The minimum atomic E-state index is -0.195. The van der Waals surface area contributed by atoms with Gasteiger partial charge >= 0.3 is 0 Å². The highest BCUT2D eigenvalue weighted by Crippen LogP contribution is 2.37. The van der Waals surface area contributed by atoms with Crippen LogP contribution in [0.4, 0.5) is 0 Å². The average Bonchev–Trinajstić information content (AvgIpc) is 2.69. The average molecular weight is 486 g/mol. The predicted octanol–water partition coefficient (Wildman–Crippen LogP) is 5.53. The number of thioether (sulfide) groups is 1. The molecule has 0 radical (unpaired) electrons. The smallest absolute Gasteiger partial charge is 0.250 e. The van der Waals surface area contributed by atoms with Gasteiger partial charge in [0.1, 0.15) is 0 Å². The molecule has 0 unspecified atom stereocenters. The molecule has 8 heteroatoms. The van der Waals surface area contributed by atoms with E-state index in [1.807, 2.05) is 25.1 Å². The molecular formula is C20H22BrClN2O3S. The number of methoxy groups -OCH3 is 1. The lowest BCUT2D eigenvalue weighted by atomic mass is 10.2. The number of carbonyl (C=O) groups excluding carboxylic acids is 1. The fourth-order valence-corrected chi connectivity index (χ4v) is 3.47. The van der Waals surface area contributed by atoms with Gasteiger partial charge in [0, 0.05) is 9.92 Å². The Morgan fingerprint density at radius 1 is 1.36 bits per heavy atom. The molecule has 2 rings (SSSR count). The highest BCUT2D eigenvalue weighted by atomic mass is 79.9. The number of benzene rings is 2. The third kappa shape index (κ3) is 7.04. The van der Waals surface area contributed by atoms with Crippen LogP contribution in [0.5, 0.6) is 11.5 Å². The van der Waals surface area contributed by atoms with Crippen molar-refractivity contribution in [1.29, 1.82) is 0 Å². The Bertz CT molecular complexity index is 831. The first-order chi connectivity index (χ1) is 13.4. The summed E-state index contributed by atoms with van der Waals surface area (Å²) in [7, 11) is 1.59. The van der Waals surface area contributed by atoms with Gasteiger partial charge in [0.05, 0.1) is 29.7 Å². The minimum Gasteiger partial charge on any atom is -0.493 e. The fraction of sp³-hybridized carbons (Fsp3) is 0.300. The third-order valence-corrected chi connectivity index (χ3v) is 5.59. The molecule has 0 bridgehead atoms. The monoisotopic (exact) mass is 484 g/mol. The van der Waals surface area contributed by atoms with Crippen molar-refractivity contribution < 1.29 is 14.3 Å². The van der Waals surface area contributed by atoms with Crippen LogP contribution in [0.25, 0.3) is 0 Å². The van der Waals surface area contributed by atoms with E-state index >= 15 is 0 Å². The molecule has 1 atom stereocenters. The van der Waals surface area contributed by atoms with E-state index in [0.29, 0.717) is 16.5 Å². The molecule has 150 valence electrons. The van der Waals surface area contributed by atoms with E-state index in [2.05, 4.69) is 33.4 Å². The summed E-state index contributed by atoms with van der Waals surface area (Å²) in [4.78, 5) is 12.9. The van der Waals surface area contributed by atoms with E-state index in [9.17, 15) is 4.79 Å². The summed E-state index contributed by atoms with van der Waals surface area (Å²) in [6.45, 7) is 4.05. The molecule has 1 amide bonds. The van der Waals surface area contributed by atoms with Crippen LogP contribution < -0.4 is 14.9 Å². The van der Waals surface area contributed by atoms with Gasteiger partial charge < -0.3 is 9.47 Å². The van der Waals surface area contributed by atoms with Gasteiger partial charge in [-0.15, -0.1) is 11.8 Å². The van der Waals surface area contributed by atoms with Crippen LogP contribution in [0.3, 0.4) is 0 Å². The quantitative estimate of drug-likeness (QED) is 0.288. The predicted molar refractivity (Wildman–Crippen MR) is 119 cm³/mol. The van der Waals surface area contributed by atoms with Crippen LogP contribution in [0.1, 0.15) is 25.8 Å². The molecule has 0 spiro atoms. The number of nitrogens with zero attached hydrogens (tertiary/aromatic N) is 1. The second kappa shape index (κ2) is 11.3. The first-order valence-electron chi connectivity index (χ1n) is 8.67. The highest BCUT2D eigenvalue weighted by molar-refractivity contribution is 9.10. The van der Waals surface area contributed by atoms with Crippen LogP contribution >= 0.6 is 39.3 Å². The summed E-state index contributed by atoms with van der Waals surface area (Å²) < 4.78 is 12.1. The zero-order valence-electron chi connectivity index (χ0n) is 15.9. The Labute approximate surface area is 183 Å². The summed E-state index contributed by atoms with van der Waals surface area (Å²) in [5.74, 6) is 1.31. The number of ether oxygens (including phenoxy) is 2. The van der Waals surface area contributed by atoms with E-state index in [1.54, 1.807) is 31.5 Å². The van der Waals surface area contributed by atoms with Crippen LogP contribution in [0, 0.1) is 0 Å². The Kier molecular flexibility index (Phi) is 9.15. The van der Waals surface area contributed by atoms with Gasteiger partial charge in [0.15, 0.2) is 11.5 Å². The lowest BCUT2D eigenvalue weighted by Gasteiger charge is -2.17. The van der Waals surface area contributed by atoms with Gasteiger partial charge in [0.2, 0.25) is 5.91 Å². The number of rotatable bonds is 9. The maximum Gasteiger partial charge on any atom is 0.250 e. The SMILES string of the molecule is CC[C@H](C)Oc1c(Br)cc(/C=N\NC(=O)CSc2ccc(Cl)cc2)cc1OC. The normalized spacial score (nSPS) is 12.0. The van der Waals surface area contributed by atoms with E-state index < -0.39 is 0 Å². The number of halogens is 2. The summed E-state index contributed by atoms with van der Waals surface area (Å²) in [5.41, 5.74) is 3.29. The van der Waals surface area contributed by atoms with Gasteiger partial charge in [-0.1, -0.05) is 18.5 Å². The van der Waals surface area contributed by atoms with Gasteiger partial charge in [-0.2, -0.15) is 5.10 Å². The van der Waals surface area contributed by atoms with Crippen molar-refractivity contribution in [2.24, 2.45) is 5.10 Å². The van der Waals surface area contributed by atoms with Crippen LogP contribution in [-0.4, -0.2) is 31.1 Å². The Morgan fingerprint density at radius 3 is 2.71 bits per heavy atom. The first-order valence-corrected chi connectivity index (χ1v) is 10.8. The number of hydrogen-bond acceptors (Lipinski definition) is 5. The topological polar surface area (TPSA) is 59.9 Å². The molecule has 0 aliphatic rings. The number of nitrogens with one attached hydrogen (secondary N) is 1. The summed E-state index contributed by atoms with van der Waals surface area (Å²) >= 11 is 10.8. The summed E-state index contributed by atoms with van der Waals surface area (Å²) in [6.07, 6.45) is 2.52. The highest BCUT2D eigenvalue weighted by Gasteiger charge is 2.13. The van der Waals surface area contributed by atoms with Crippen LogP contribution in [-0.2, 0) is 4.79 Å². The second-order valence-electron chi connectivity index (χ2n) is 5.91. The van der Waals surface area contributed by atoms with E-state index in [-0.39, 0.29) is 17.8 Å². The van der Waals surface area contributed by atoms with Crippen LogP contribution in [0.15, 0.2) is 50.9 Å². The van der Waals surface area contributed by atoms with Gasteiger partial charge in [0.25, 0.3) is 0 Å². The Hall–Kier alpha value is -1.70. The molecule has 0 saturated carbocycles. The minimum absolute atomic E-state index is 0.0714. The first kappa shape index (κ1) is 22.6. The molecule has 0 aromatic heterocycles. The molecule has 2 aromatic rings. The lowest BCUT2D eigenvalue weighted by Crippen LogP contribution is -2.19. The molecule has 28 heavy (non-hydrogen) atoms. The van der Waals surface area contributed by atoms with Crippen molar-refractivity contribution in [2.45, 2.75) is 31.3 Å². The van der Waals surface area contributed by atoms with Gasteiger partial charge in [-0.25, -0.2) is 5.43 Å². The summed E-state index contributed by atoms with van der Waals surface area (Å²) in [5, 5.41) is 4.68. The van der Waals surface area contributed by atoms with E-state index in [0.717, 1.165) is 21.4 Å². The zero-order chi connectivity index (χ0) is 20.5. The maximum atomic E-state index is 11.9. The number of carbonyl (C=O) groups is 1. The fourth-order valence-electron chi connectivity index (χ4n) is 2.10. The maximum absolute atomic E-state index is 11.9. The standard InChI is InChI=1S/C20H22BrClN2O3S/c1-4-13(2)27-20-17(21)9-14(10-18(20)26-3)11-23-24-19(25)12-28-16-7-5-15(22)6-8-16/h5-11,13H,4,12H2,1-3H3,(H,24,25)/b23-11-/t13-/m0/s1. The molecule has 0 aliphatic heterocycles. The van der Waals surface area contributed by atoms with Crippen molar-refractivity contribution in [3.63, 3.8) is 0 Å². The van der Waals surface area contributed by atoms with Crippen molar-refractivity contribution in [3.8, 4) is 11.5 Å². The van der Waals surface area contributed by atoms with Crippen LogP contribution in [0.2, 0.25) is 5.02 Å². The molecule has 0 saturated heterocycles. The second-order valence-corrected chi connectivity index (χ2v) is 8.25. The van der Waals surface area contributed by atoms with Gasteiger partial charge in [-0.05, 0) is 71.2 Å². The zero-order valence-corrected chi connectivity index (χ0v) is 19.0. The number of hydrazone groups is 1. The van der Waals surface area contributed by atoms with Crippen molar-refractivity contribution in [1.82, 2.24) is 5.43 Å². The van der Waals surface area contributed by atoms with Crippen molar-refractivity contribution in [3.05, 3.63) is 51.5 Å². The summed E-state index contributed by atoms with van der Waals surface area (Å²) in [6, 6.07) is 11.0. The lowest BCUT2D eigenvalue weighted by molar-refractivity contribution is -0.118. The molecular weight excluding hydrogens is 464 g/mol. The Morgan fingerprint density at radius 2 is 2.07 bits per heavy atom. The molecule has 5 nitrogen and oxygen atoms in total. The van der Waals surface area contributed by atoms with Crippen molar-refractivity contribution in [2.75, 3.05) is 12.9 Å². The van der Waals surface area contributed by atoms with E-state index in [1.165, 1.54) is 11.8 Å². The molecule has 0 fully saturated rings. The third-order valence-electron chi connectivity index (χ3n) is 3.73. The molecule has 2 aromatic carbocycles. The molecule has 0 aliphatic carbocycles. The molecule has 1 N–H and O–H groups in total. The van der Waals surface area contributed by atoms with E-state index in [4.69, 9.17) is 21.1 Å². The van der Waals surface area contributed by atoms with Gasteiger partial charge in [-0.3, -0.25) is 4.79 Å². The largest absolute Gasteiger partial charge is 0.493 e.